The molecule has 0 aliphatic carbocycles. The van der Waals surface area contributed by atoms with Crippen molar-refractivity contribution >= 4 is 17.3 Å². The van der Waals surface area contributed by atoms with Crippen molar-refractivity contribution in [3.63, 3.8) is 0 Å². The number of phenolic OH excluding ortho intramolecular Hbond substituents is 1. The maximum absolute atomic E-state index is 12.1. The Bertz CT molecular complexity index is 636. The van der Waals surface area contributed by atoms with Gasteiger partial charge < -0.3 is 16.2 Å². The molecule has 0 unspecified atom stereocenters. The van der Waals surface area contributed by atoms with Crippen LogP contribution in [-0.4, -0.2) is 11.0 Å². The van der Waals surface area contributed by atoms with Crippen molar-refractivity contribution < 1.29 is 9.90 Å². The summed E-state index contributed by atoms with van der Waals surface area (Å²) < 4.78 is 0. The van der Waals surface area contributed by atoms with Gasteiger partial charge in [0.25, 0.3) is 5.91 Å². The smallest absolute Gasteiger partial charge is 0.255 e. The standard InChI is InChI=1S/C15H16N2O2/c1-9-3-4-10(2)13(7-9)17-15(19)11-5-6-12(16)14(18)8-11/h3-8,18H,16H2,1-2H3,(H,17,19). The fourth-order valence-electron chi connectivity index (χ4n) is 1.75. The van der Waals surface area contributed by atoms with Crippen LogP contribution in [0.3, 0.4) is 0 Å². The molecule has 0 radical (unpaired) electrons. The number of anilines is 2. The van der Waals surface area contributed by atoms with Gasteiger partial charge in [-0.2, -0.15) is 0 Å². The summed E-state index contributed by atoms with van der Waals surface area (Å²) in [5.41, 5.74) is 8.95. The van der Waals surface area contributed by atoms with Crippen LogP contribution in [0, 0.1) is 13.8 Å². The van der Waals surface area contributed by atoms with E-state index in [9.17, 15) is 9.90 Å². The Morgan fingerprint density at radius 2 is 1.89 bits per heavy atom. The molecule has 0 saturated carbocycles. The molecule has 0 fully saturated rings. The highest BCUT2D eigenvalue weighted by Gasteiger charge is 2.09. The average Bonchev–Trinajstić information content (AvgIpc) is 2.37. The molecule has 0 heterocycles. The van der Waals surface area contributed by atoms with Crippen molar-refractivity contribution in [2.75, 3.05) is 11.1 Å². The number of nitrogens with two attached hydrogens (primary N) is 1. The first-order chi connectivity index (χ1) is 8.97. The maximum Gasteiger partial charge on any atom is 0.255 e. The largest absolute Gasteiger partial charge is 0.506 e. The molecule has 98 valence electrons. The maximum atomic E-state index is 12.1. The summed E-state index contributed by atoms with van der Waals surface area (Å²) in [6.45, 7) is 3.89. The van der Waals surface area contributed by atoms with E-state index in [1.165, 1.54) is 12.1 Å². The summed E-state index contributed by atoms with van der Waals surface area (Å²) in [6.07, 6.45) is 0. The second kappa shape index (κ2) is 5.02. The lowest BCUT2D eigenvalue weighted by Crippen LogP contribution is -2.13. The number of phenols is 1. The molecule has 2 rings (SSSR count). The minimum absolute atomic E-state index is 0.0892. The van der Waals surface area contributed by atoms with Crippen molar-refractivity contribution in [3.8, 4) is 5.75 Å². The Morgan fingerprint density at radius 1 is 1.16 bits per heavy atom. The number of hydrogen-bond acceptors (Lipinski definition) is 3. The second-order valence-corrected chi connectivity index (χ2v) is 4.55. The number of amides is 1. The highest BCUT2D eigenvalue weighted by molar-refractivity contribution is 6.05. The zero-order valence-corrected chi connectivity index (χ0v) is 10.9. The van der Waals surface area contributed by atoms with E-state index in [0.717, 1.165) is 16.8 Å². The van der Waals surface area contributed by atoms with Crippen LogP contribution in [0.4, 0.5) is 11.4 Å². The number of aromatic hydroxyl groups is 1. The predicted octanol–water partition coefficient (Wildman–Crippen LogP) is 2.84. The van der Waals surface area contributed by atoms with E-state index in [4.69, 9.17) is 5.73 Å². The van der Waals surface area contributed by atoms with E-state index < -0.39 is 0 Å². The van der Waals surface area contributed by atoms with Crippen molar-refractivity contribution in [1.82, 2.24) is 0 Å². The summed E-state index contributed by atoms with van der Waals surface area (Å²) in [6, 6.07) is 10.3. The molecule has 0 spiro atoms. The van der Waals surface area contributed by atoms with Crippen LogP contribution < -0.4 is 11.1 Å². The average molecular weight is 256 g/mol. The van der Waals surface area contributed by atoms with E-state index >= 15 is 0 Å². The van der Waals surface area contributed by atoms with Crippen LogP contribution in [-0.2, 0) is 0 Å². The molecular weight excluding hydrogens is 240 g/mol. The Kier molecular flexibility index (Phi) is 3.42. The molecule has 0 aliphatic heterocycles. The van der Waals surface area contributed by atoms with Gasteiger partial charge in [0, 0.05) is 11.3 Å². The normalized spacial score (nSPS) is 10.2. The van der Waals surface area contributed by atoms with Crippen molar-refractivity contribution in [2.45, 2.75) is 13.8 Å². The third-order valence-corrected chi connectivity index (χ3v) is 2.93. The summed E-state index contributed by atoms with van der Waals surface area (Å²) in [5.74, 6) is -0.363. The first-order valence-electron chi connectivity index (χ1n) is 5.94. The monoisotopic (exact) mass is 256 g/mol. The van der Waals surface area contributed by atoms with Crippen LogP contribution in [0.1, 0.15) is 21.5 Å². The number of benzene rings is 2. The number of rotatable bonds is 2. The molecule has 4 N–H and O–H groups in total. The second-order valence-electron chi connectivity index (χ2n) is 4.55. The molecule has 2 aromatic rings. The quantitative estimate of drug-likeness (QED) is 0.571. The van der Waals surface area contributed by atoms with Crippen LogP contribution in [0.2, 0.25) is 0 Å². The third-order valence-electron chi connectivity index (χ3n) is 2.93. The molecule has 0 aromatic heterocycles. The first-order valence-corrected chi connectivity index (χ1v) is 5.94. The summed E-state index contributed by atoms with van der Waals surface area (Å²) in [4.78, 5) is 12.1. The van der Waals surface area contributed by atoms with Crippen LogP contribution in [0.15, 0.2) is 36.4 Å². The Morgan fingerprint density at radius 3 is 2.58 bits per heavy atom. The number of carbonyl (C=O) groups excluding carboxylic acids is 1. The van der Waals surface area contributed by atoms with E-state index in [1.807, 2.05) is 32.0 Å². The lowest BCUT2D eigenvalue weighted by molar-refractivity contribution is 0.102. The SMILES string of the molecule is Cc1ccc(C)c(NC(=O)c2ccc(N)c(O)c2)c1. The lowest BCUT2D eigenvalue weighted by atomic mass is 10.1. The topological polar surface area (TPSA) is 75.4 Å². The van der Waals surface area contributed by atoms with Gasteiger partial charge in [0.05, 0.1) is 5.69 Å². The van der Waals surface area contributed by atoms with Crippen LogP contribution >= 0.6 is 0 Å². The number of nitrogen functional groups attached to an aromatic ring is 1. The summed E-state index contributed by atoms with van der Waals surface area (Å²) in [7, 11) is 0. The molecule has 4 nitrogen and oxygen atoms in total. The first kappa shape index (κ1) is 13.0. The van der Waals surface area contributed by atoms with Crippen molar-refractivity contribution in [3.05, 3.63) is 53.1 Å². The highest BCUT2D eigenvalue weighted by Crippen LogP contribution is 2.22. The Balaban J connectivity index is 2.25. The lowest BCUT2D eigenvalue weighted by Gasteiger charge is -2.10. The van der Waals surface area contributed by atoms with Gasteiger partial charge >= 0.3 is 0 Å². The molecule has 0 saturated heterocycles. The summed E-state index contributed by atoms with van der Waals surface area (Å²) in [5, 5.41) is 12.3. The molecule has 19 heavy (non-hydrogen) atoms. The van der Waals surface area contributed by atoms with Gasteiger partial charge in [-0.3, -0.25) is 4.79 Å². The minimum Gasteiger partial charge on any atom is -0.506 e. The predicted molar refractivity (Wildman–Crippen MR) is 76.4 cm³/mol. The van der Waals surface area contributed by atoms with Gasteiger partial charge in [-0.25, -0.2) is 0 Å². The van der Waals surface area contributed by atoms with Crippen molar-refractivity contribution in [2.24, 2.45) is 0 Å². The Labute approximate surface area is 111 Å². The van der Waals surface area contributed by atoms with E-state index in [-0.39, 0.29) is 17.3 Å². The number of hydrogen-bond donors (Lipinski definition) is 3. The van der Waals surface area contributed by atoms with Gasteiger partial charge in [0.15, 0.2) is 0 Å². The molecule has 2 aromatic carbocycles. The number of nitrogens with one attached hydrogen (secondary N) is 1. The van der Waals surface area contributed by atoms with Gasteiger partial charge in [0.2, 0.25) is 0 Å². The molecule has 0 bridgehead atoms. The minimum atomic E-state index is -0.274. The molecule has 4 heteroatoms. The zero-order valence-electron chi connectivity index (χ0n) is 10.9. The molecule has 0 atom stereocenters. The van der Waals surface area contributed by atoms with Gasteiger partial charge in [-0.1, -0.05) is 12.1 Å². The molecule has 0 aliphatic rings. The van der Waals surface area contributed by atoms with Crippen LogP contribution in [0.25, 0.3) is 0 Å². The fraction of sp³-hybridized carbons (Fsp3) is 0.133. The van der Waals surface area contributed by atoms with Crippen molar-refractivity contribution in [1.29, 1.82) is 0 Å². The number of aryl methyl sites for hydroxylation is 2. The van der Waals surface area contributed by atoms with E-state index in [2.05, 4.69) is 5.32 Å². The number of carbonyl (C=O) groups is 1. The highest BCUT2D eigenvalue weighted by atomic mass is 16.3. The summed E-state index contributed by atoms with van der Waals surface area (Å²) >= 11 is 0. The fourth-order valence-corrected chi connectivity index (χ4v) is 1.75. The van der Waals surface area contributed by atoms with Crippen LogP contribution in [0.5, 0.6) is 5.75 Å². The zero-order chi connectivity index (χ0) is 14.0. The third kappa shape index (κ3) is 2.85. The van der Waals surface area contributed by atoms with E-state index in [1.54, 1.807) is 6.07 Å². The van der Waals surface area contributed by atoms with Gasteiger partial charge in [0.1, 0.15) is 5.75 Å². The van der Waals surface area contributed by atoms with Gasteiger partial charge in [-0.15, -0.1) is 0 Å². The Hall–Kier alpha value is -2.49. The molecular formula is C15H16N2O2. The van der Waals surface area contributed by atoms with Gasteiger partial charge in [-0.05, 0) is 49.2 Å². The van der Waals surface area contributed by atoms with E-state index in [0.29, 0.717) is 5.56 Å². The molecule has 1 amide bonds.